The zero-order valence-electron chi connectivity index (χ0n) is 10.6. The van der Waals surface area contributed by atoms with E-state index in [2.05, 4.69) is 36.3 Å². The van der Waals surface area contributed by atoms with Crippen molar-refractivity contribution in [1.29, 1.82) is 0 Å². The summed E-state index contributed by atoms with van der Waals surface area (Å²) in [6.45, 7) is 9.05. The summed E-state index contributed by atoms with van der Waals surface area (Å²) in [5, 5.41) is 13.5. The summed E-state index contributed by atoms with van der Waals surface area (Å²) < 4.78 is 5.52. The highest BCUT2D eigenvalue weighted by Crippen LogP contribution is 2.25. The summed E-state index contributed by atoms with van der Waals surface area (Å²) in [5.74, 6) is 1.69. The molecule has 0 aromatic carbocycles. The second kappa shape index (κ2) is 4.58. The Labute approximate surface area is 105 Å². The van der Waals surface area contributed by atoms with Gasteiger partial charge in [-0.2, -0.15) is 0 Å². The van der Waals surface area contributed by atoms with Crippen LogP contribution in [-0.4, -0.2) is 15.7 Å². The molecule has 0 bridgehead atoms. The van der Waals surface area contributed by atoms with Crippen molar-refractivity contribution in [3.05, 3.63) is 22.9 Å². The molecule has 0 unspecified atom stereocenters. The van der Waals surface area contributed by atoms with Crippen molar-refractivity contribution in [2.45, 2.75) is 39.8 Å². The summed E-state index contributed by atoms with van der Waals surface area (Å²) in [6.07, 6.45) is 0. The van der Waals surface area contributed by atoms with Gasteiger partial charge in [0.25, 0.3) is 0 Å². The molecule has 0 amide bonds. The molecule has 0 atom stereocenters. The Bertz CT molecular complexity index is 496. The van der Waals surface area contributed by atoms with Crippen LogP contribution >= 0.6 is 11.3 Å². The minimum atomic E-state index is 0.0904. The predicted octanol–water partition coefficient (Wildman–Crippen LogP) is 2.99. The fraction of sp³-hybridized carbons (Fsp3) is 0.500. The van der Waals surface area contributed by atoms with E-state index in [-0.39, 0.29) is 5.54 Å². The lowest BCUT2D eigenvalue weighted by atomic mass is 10.1. The Morgan fingerprint density at radius 3 is 2.65 bits per heavy atom. The molecule has 0 fully saturated rings. The van der Waals surface area contributed by atoms with Gasteiger partial charge in [0.1, 0.15) is 10.8 Å². The number of rotatable bonds is 3. The summed E-state index contributed by atoms with van der Waals surface area (Å²) >= 11 is 1.56. The maximum Gasteiger partial charge on any atom is 0.183 e. The third-order valence-corrected chi connectivity index (χ3v) is 3.13. The van der Waals surface area contributed by atoms with Crippen LogP contribution < -0.4 is 5.32 Å². The van der Waals surface area contributed by atoms with Crippen molar-refractivity contribution in [1.82, 2.24) is 15.5 Å². The molecule has 0 saturated heterocycles. The molecule has 0 radical (unpaired) electrons. The largest absolute Gasteiger partial charge is 0.459 e. The third kappa shape index (κ3) is 3.38. The molecule has 5 heteroatoms. The normalized spacial score (nSPS) is 12.0. The molecule has 0 aliphatic rings. The van der Waals surface area contributed by atoms with Crippen molar-refractivity contribution in [3.8, 4) is 10.8 Å². The van der Waals surface area contributed by atoms with Gasteiger partial charge in [-0.25, -0.2) is 0 Å². The van der Waals surface area contributed by atoms with Crippen LogP contribution in [0.3, 0.4) is 0 Å². The highest BCUT2D eigenvalue weighted by molar-refractivity contribution is 7.14. The van der Waals surface area contributed by atoms with Crippen LogP contribution in [0, 0.1) is 6.92 Å². The molecule has 1 N–H and O–H groups in total. The minimum absolute atomic E-state index is 0.0904. The number of hydrogen-bond donors (Lipinski definition) is 1. The van der Waals surface area contributed by atoms with Crippen molar-refractivity contribution in [2.75, 3.05) is 0 Å². The van der Waals surface area contributed by atoms with Crippen LogP contribution in [0.15, 0.2) is 16.5 Å². The average molecular weight is 251 g/mol. The van der Waals surface area contributed by atoms with Crippen LogP contribution in [0.5, 0.6) is 0 Å². The van der Waals surface area contributed by atoms with Crippen LogP contribution in [0.4, 0.5) is 0 Å². The molecule has 4 nitrogen and oxygen atoms in total. The lowest BCUT2D eigenvalue weighted by Crippen LogP contribution is -2.35. The fourth-order valence-electron chi connectivity index (χ4n) is 1.31. The van der Waals surface area contributed by atoms with Gasteiger partial charge in [0, 0.05) is 5.54 Å². The first kappa shape index (κ1) is 12.3. The SMILES string of the molecule is Cc1ccc(-c2nnc(CNC(C)(C)C)s2)o1. The highest BCUT2D eigenvalue weighted by atomic mass is 32.1. The van der Waals surface area contributed by atoms with E-state index < -0.39 is 0 Å². The summed E-state index contributed by atoms with van der Waals surface area (Å²) in [4.78, 5) is 0. The molecule has 17 heavy (non-hydrogen) atoms. The Morgan fingerprint density at radius 2 is 2.06 bits per heavy atom. The number of furan rings is 1. The minimum Gasteiger partial charge on any atom is -0.459 e. The summed E-state index contributed by atoms with van der Waals surface area (Å²) in [7, 11) is 0. The smallest absolute Gasteiger partial charge is 0.183 e. The fourth-order valence-corrected chi connectivity index (χ4v) is 2.06. The Kier molecular flexibility index (Phi) is 3.31. The lowest BCUT2D eigenvalue weighted by Gasteiger charge is -2.19. The molecule has 0 saturated carbocycles. The average Bonchev–Trinajstić information content (AvgIpc) is 2.81. The van der Waals surface area contributed by atoms with Crippen molar-refractivity contribution < 1.29 is 4.42 Å². The number of hydrogen-bond acceptors (Lipinski definition) is 5. The van der Waals surface area contributed by atoms with Crippen LogP contribution in [0.1, 0.15) is 31.5 Å². The zero-order chi connectivity index (χ0) is 12.5. The van der Waals surface area contributed by atoms with Gasteiger partial charge in [-0.15, -0.1) is 10.2 Å². The number of nitrogens with one attached hydrogen (secondary N) is 1. The first-order valence-corrected chi connectivity index (χ1v) is 6.40. The standard InChI is InChI=1S/C12H17N3OS/c1-8-5-6-9(16-8)11-15-14-10(17-11)7-13-12(2,3)4/h5-6,13H,7H2,1-4H3. The molecule has 2 rings (SSSR count). The van der Waals surface area contributed by atoms with Gasteiger partial charge in [0.05, 0.1) is 6.54 Å². The quantitative estimate of drug-likeness (QED) is 0.911. The van der Waals surface area contributed by atoms with Crippen molar-refractivity contribution >= 4 is 11.3 Å². The Hall–Kier alpha value is -1.20. The number of nitrogens with zero attached hydrogens (tertiary/aromatic N) is 2. The molecule has 92 valence electrons. The van der Waals surface area contributed by atoms with E-state index in [0.29, 0.717) is 0 Å². The molecule has 2 heterocycles. The van der Waals surface area contributed by atoms with E-state index in [1.54, 1.807) is 11.3 Å². The van der Waals surface area contributed by atoms with Crippen LogP contribution in [-0.2, 0) is 6.54 Å². The molecular formula is C12H17N3OS. The molecule has 0 aliphatic heterocycles. The second-order valence-electron chi connectivity index (χ2n) is 5.01. The van der Waals surface area contributed by atoms with Crippen LogP contribution in [0.2, 0.25) is 0 Å². The van der Waals surface area contributed by atoms with Gasteiger partial charge in [0.15, 0.2) is 10.8 Å². The van der Waals surface area contributed by atoms with Gasteiger partial charge in [0.2, 0.25) is 0 Å². The Balaban J connectivity index is 2.06. The second-order valence-corrected chi connectivity index (χ2v) is 6.08. The summed E-state index contributed by atoms with van der Waals surface area (Å²) in [5.41, 5.74) is 0.0904. The monoisotopic (exact) mass is 251 g/mol. The van der Waals surface area contributed by atoms with E-state index in [1.807, 2.05) is 19.1 Å². The molecular weight excluding hydrogens is 234 g/mol. The van der Waals surface area contributed by atoms with Gasteiger partial charge in [-0.1, -0.05) is 11.3 Å². The van der Waals surface area contributed by atoms with Gasteiger partial charge >= 0.3 is 0 Å². The highest BCUT2D eigenvalue weighted by Gasteiger charge is 2.13. The first-order valence-electron chi connectivity index (χ1n) is 5.58. The lowest BCUT2D eigenvalue weighted by molar-refractivity contribution is 0.423. The maximum absolute atomic E-state index is 5.52. The van der Waals surface area contributed by atoms with Crippen LogP contribution in [0.25, 0.3) is 10.8 Å². The van der Waals surface area contributed by atoms with Crippen molar-refractivity contribution in [3.63, 3.8) is 0 Å². The topological polar surface area (TPSA) is 51.0 Å². The molecule has 0 aliphatic carbocycles. The molecule has 0 spiro atoms. The van der Waals surface area contributed by atoms with Gasteiger partial charge in [-0.05, 0) is 39.8 Å². The van der Waals surface area contributed by atoms with E-state index in [4.69, 9.17) is 4.42 Å². The Morgan fingerprint density at radius 1 is 1.29 bits per heavy atom. The zero-order valence-corrected chi connectivity index (χ0v) is 11.4. The first-order chi connectivity index (χ1) is 7.94. The van der Waals surface area contributed by atoms with E-state index >= 15 is 0 Å². The summed E-state index contributed by atoms with van der Waals surface area (Å²) in [6, 6.07) is 3.86. The predicted molar refractivity (Wildman–Crippen MR) is 68.9 cm³/mol. The third-order valence-electron chi connectivity index (χ3n) is 2.19. The molecule has 2 aromatic rings. The van der Waals surface area contributed by atoms with Gasteiger partial charge < -0.3 is 9.73 Å². The number of aromatic nitrogens is 2. The van der Waals surface area contributed by atoms with E-state index in [0.717, 1.165) is 28.1 Å². The van der Waals surface area contributed by atoms with E-state index in [1.165, 1.54) is 0 Å². The van der Waals surface area contributed by atoms with E-state index in [9.17, 15) is 0 Å². The molecule has 2 aromatic heterocycles. The van der Waals surface area contributed by atoms with Gasteiger partial charge in [-0.3, -0.25) is 0 Å². The number of aryl methyl sites for hydroxylation is 1. The maximum atomic E-state index is 5.52. The van der Waals surface area contributed by atoms with Crippen molar-refractivity contribution in [2.24, 2.45) is 0 Å².